The van der Waals surface area contributed by atoms with Gasteiger partial charge in [0.15, 0.2) is 11.3 Å². The molecule has 3 N–H and O–H groups in total. The Bertz CT molecular complexity index is 2760. The van der Waals surface area contributed by atoms with Gasteiger partial charge in [0, 0.05) is 47.6 Å². The van der Waals surface area contributed by atoms with Gasteiger partial charge < -0.3 is 20.5 Å². The van der Waals surface area contributed by atoms with Crippen molar-refractivity contribution >= 4 is 71.3 Å². The summed E-state index contributed by atoms with van der Waals surface area (Å²) in [5.74, 6) is -1.07. The number of hydrogen-bond acceptors (Lipinski definition) is 12. The first kappa shape index (κ1) is 47.2. The number of hydrogen-bond donors (Lipinski definition) is 2. The summed E-state index contributed by atoms with van der Waals surface area (Å²) < 4.78 is 64.6. The molecule has 4 heterocycles. The number of carbonyl (C=O) groups is 2. The van der Waals surface area contributed by atoms with Crippen molar-refractivity contribution in [1.29, 1.82) is 0 Å². The van der Waals surface area contributed by atoms with Crippen molar-refractivity contribution in [2.24, 2.45) is 5.73 Å². The number of nitrogens with two attached hydrogens (primary N) is 1. The zero-order chi connectivity index (χ0) is 45.3. The fourth-order valence-electron chi connectivity index (χ4n) is 7.59. The first-order valence-electron chi connectivity index (χ1n) is 21.3. The lowest BCUT2D eigenvalue weighted by molar-refractivity contribution is 0.0517. The van der Waals surface area contributed by atoms with Crippen molar-refractivity contribution in [1.82, 2.24) is 17.9 Å². The van der Waals surface area contributed by atoms with Crippen LogP contribution in [0.3, 0.4) is 0 Å². The van der Waals surface area contributed by atoms with Gasteiger partial charge in [-0.1, -0.05) is 85.5 Å². The molecule has 0 spiro atoms. The van der Waals surface area contributed by atoms with E-state index in [4.69, 9.17) is 26.8 Å². The molecule has 8 rings (SSSR count). The predicted molar refractivity (Wildman–Crippen MR) is 245 cm³/mol. The van der Waals surface area contributed by atoms with Crippen LogP contribution in [-0.4, -0.2) is 72.0 Å². The molecule has 2 aromatic carbocycles. The molecule has 0 amide bonds. The van der Waals surface area contributed by atoms with E-state index in [0.717, 1.165) is 40.8 Å². The Hall–Kier alpha value is -5.29. The largest absolute Gasteiger partial charge is 0.462 e. The molecular formula is C46H55ClN6O8S2. The maximum atomic E-state index is 13.3. The van der Waals surface area contributed by atoms with E-state index >= 15 is 0 Å². The molecule has 0 unspecified atom stereocenters. The second-order valence-electron chi connectivity index (χ2n) is 15.7. The van der Waals surface area contributed by atoms with Gasteiger partial charge in [-0.2, -0.15) is 0 Å². The average molecular weight is 920 g/mol. The van der Waals surface area contributed by atoms with Crippen LogP contribution >= 0.6 is 11.6 Å². The highest BCUT2D eigenvalue weighted by Gasteiger charge is 2.27. The number of ether oxygens (including phenoxy) is 2. The first-order valence-corrected chi connectivity index (χ1v) is 24.6. The molecule has 0 radical (unpaired) electrons. The molecule has 63 heavy (non-hydrogen) atoms. The molecule has 4 aromatic heterocycles. The Morgan fingerprint density at radius 2 is 1.10 bits per heavy atom. The van der Waals surface area contributed by atoms with Crippen molar-refractivity contribution in [3.63, 3.8) is 0 Å². The maximum absolute atomic E-state index is 13.3. The third kappa shape index (κ3) is 10.9. The van der Waals surface area contributed by atoms with Crippen LogP contribution in [-0.2, 0) is 29.5 Å². The van der Waals surface area contributed by atoms with Crippen LogP contribution < -0.4 is 11.1 Å². The van der Waals surface area contributed by atoms with Gasteiger partial charge in [-0.25, -0.2) is 44.3 Å². The van der Waals surface area contributed by atoms with Gasteiger partial charge in [-0.3, -0.25) is 0 Å². The van der Waals surface area contributed by atoms with Crippen molar-refractivity contribution < 1.29 is 35.9 Å². The minimum atomic E-state index is -3.82. The highest BCUT2D eigenvalue weighted by Crippen LogP contribution is 2.33. The lowest BCUT2D eigenvalue weighted by Crippen LogP contribution is -2.24. The number of fused-ring (bicyclic) bond motifs is 2. The van der Waals surface area contributed by atoms with Crippen molar-refractivity contribution in [3.05, 3.63) is 113 Å². The van der Waals surface area contributed by atoms with Crippen LogP contribution in [0.15, 0.2) is 95.2 Å². The standard InChI is InChI=1S/C23H27N3O4S.C17H15ClN2O4S.C6H13N/c1-3-30-23(27)20-15-24-22-19(21(20)25-17-7-5-4-6-8-17)13-14-26(22)31(28,29)18-11-9-16(2)10-12-18;1-3-24-17(21)14-10-19-16-13(15(14)18)8-9-20(16)25(22,23)12-6-4-11(2)5-7-12;7-6-4-2-1-3-5-6/h9-15,17H,3-8H2,1-2H3,(H,24,25);4-10H,3H2,1-2H3;6H,1-5,7H2. The molecule has 2 saturated carbocycles. The van der Waals surface area contributed by atoms with E-state index in [9.17, 15) is 26.4 Å². The fraction of sp³-hybridized carbons (Fsp3) is 0.391. The van der Waals surface area contributed by atoms with Crippen LogP contribution in [0.4, 0.5) is 5.69 Å². The quantitative estimate of drug-likeness (QED) is 0.124. The highest BCUT2D eigenvalue weighted by atomic mass is 35.5. The van der Waals surface area contributed by atoms with Gasteiger partial charge in [-0.05, 0) is 89.8 Å². The van der Waals surface area contributed by atoms with Gasteiger partial charge >= 0.3 is 11.9 Å². The number of aryl methyl sites for hydroxylation is 2. The first-order chi connectivity index (χ1) is 30.2. The maximum Gasteiger partial charge on any atom is 0.341 e. The summed E-state index contributed by atoms with van der Waals surface area (Å²) in [5.41, 5.74) is 9.02. The number of esters is 2. The Morgan fingerprint density at radius 1 is 0.667 bits per heavy atom. The monoisotopic (exact) mass is 918 g/mol. The summed E-state index contributed by atoms with van der Waals surface area (Å²) in [4.78, 5) is 33.3. The molecule has 0 bridgehead atoms. The van der Waals surface area contributed by atoms with E-state index in [1.54, 1.807) is 56.3 Å². The minimum Gasteiger partial charge on any atom is -0.462 e. The lowest BCUT2D eigenvalue weighted by atomic mass is 9.95. The summed E-state index contributed by atoms with van der Waals surface area (Å²) in [5, 5.41) is 4.56. The Balaban J connectivity index is 0.000000184. The number of nitrogens with zero attached hydrogens (tertiary/aromatic N) is 4. The van der Waals surface area contributed by atoms with Gasteiger partial charge in [-0.15, -0.1) is 0 Å². The minimum absolute atomic E-state index is 0.0986. The van der Waals surface area contributed by atoms with E-state index in [1.807, 2.05) is 13.8 Å². The van der Waals surface area contributed by atoms with Crippen molar-refractivity contribution in [2.75, 3.05) is 18.5 Å². The summed E-state index contributed by atoms with van der Waals surface area (Å²) in [7, 11) is -7.64. The number of halogens is 1. The molecule has 14 nitrogen and oxygen atoms in total. The topological polar surface area (TPSA) is 195 Å². The zero-order valence-electron chi connectivity index (χ0n) is 36.0. The van der Waals surface area contributed by atoms with E-state index in [1.165, 1.54) is 85.5 Å². The van der Waals surface area contributed by atoms with E-state index in [0.29, 0.717) is 28.1 Å². The van der Waals surface area contributed by atoms with Crippen LogP contribution in [0.25, 0.3) is 22.1 Å². The Morgan fingerprint density at radius 3 is 1.56 bits per heavy atom. The Kier molecular flexibility index (Phi) is 15.7. The van der Waals surface area contributed by atoms with Crippen LogP contribution in [0.2, 0.25) is 5.02 Å². The van der Waals surface area contributed by atoms with Crippen molar-refractivity contribution in [3.8, 4) is 0 Å². The summed E-state index contributed by atoms with van der Waals surface area (Å²) in [6.45, 7) is 7.67. The summed E-state index contributed by atoms with van der Waals surface area (Å²) >= 11 is 6.25. The molecule has 2 aliphatic rings. The smallest absolute Gasteiger partial charge is 0.341 e. The normalized spacial score (nSPS) is 14.9. The average Bonchev–Trinajstić information content (AvgIpc) is 3.93. The molecular weight excluding hydrogens is 864 g/mol. The number of rotatable bonds is 10. The highest BCUT2D eigenvalue weighted by molar-refractivity contribution is 7.90. The summed E-state index contributed by atoms with van der Waals surface area (Å²) in [6, 6.07) is 17.2. The number of aromatic nitrogens is 4. The fourth-order valence-corrected chi connectivity index (χ4v) is 10.5. The van der Waals surface area contributed by atoms with Gasteiger partial charge in [0.2, 0.25) is 0 Å². The Labute approximate surface area is 374 Å². The van der Waals surface area contributed by atoms with Crippen LogP contribution in [0, 0.1) is 13.8 Å². The zero-order valence-corrected chi connectivity index (χ0v) is 38.4. The molecule has 0 aliphatic heterocycles. The van der Waals surface area contributed by atoms with Gasteiger partial charge in [0.1, 0.15) is 5.56 Å². The summed E-state index contributed by atoms with van der Waals surface area (Å²) in [6.07, 6.45) is 17.6. The predicted octanol–water partition coefficient (Wildman–Crippen LogP) is 9.19. The second kappa shape index (κ2) is 20.9. The van der Waals surface area contributed by atoms with E-state index in [-0.39, 0.29) is 50.9 Å². The lowest BCUT2D eigenvalue weighted by Gasteiger charge is -2.25. The van der Waals surface area contributed by atoms with Gasteiger partial charge in [0.05, 0.1) is 39.3 Å². The molecule has 0 saturated heterocycles. The van der Waals surface area contributed by atoms with Crippen molar-refractivity contribution in [2.45, 2.75) is 114 Å². The molecule has 0 atom stereocenters. The second-order valence-corrected chi connectivity index (χ2v) is 19.7. The number of pyridine rings is 2. The van der Waals surface area contributed by atoms with Gasteiger partial charge in [0.25, 0.3) is 20.0 Å². The van der Waals surface area contributed by atoms with E-state index < -0.39 is 32.0 Å². The molecule has 17 heteroatoms. The van der Waals surface area contributed by atoms with Crippen LogP contribution in [0.1, 0.15) is 110 Å². The third-order valence-electron chi connectivity index (χ3n) is 11.0. The SMILES string of the molecule is CCOC(=O)c1cnc2c(ccn2S(=O)(=O)c2ccc(C)cc2)c1Cl.CCOC(=O)c1cnc2c(ccn2S(=O)(=O)c2ccc(C)cc2)c1NC1CCCCC1.NC1CCCCC1. The number of anilines is 1. The molecule has 2 fully saturated rings. The number of carbonyl (C=O) groups excluding carboxylic acids is 2. The van der Waals surface area contributed by atoms with E-state index in [2.05, 4.69) is 15.3 Å². The molecule has 6 aromatic rings. The molecule has 2 aliphatic carbocycles. The number of benzene rings is 2. The number of nitrogens with one attached hydrogen (secondary N) is 1. The van der Waals surface area contributed by atoms with Crippen LogP contribution in [0.5, 0.6) is 0 Å². The molecule has 336 valence electrons. The third-order valence-corrected chi connectivity index (χ3v) is 14.8.